The second-order valence-corrected chi connectivity index (χ2v) is 8.14. The number of nitrogens with one attached hydrogen (secondary N) is 1. The molecule has 0 aliphatic carbocycles. The minimum absolute atomic E-state index is 0.0281. The lowest BCUT2D eigenvalue weighted by Gasteiger charge is -2.21. The van der Waals surface area contributed by atoms with Gasteiger partial charge in [-0.05, 0) is 55.7 Å². The molecule has 0 aromatic heterocycles. The van der Waals surface area contributed by atoms with Crippen LogP contribution in [0.15, 0.2) is 48.5 Å². The molecule has 0 aliphatic rings. The van der Waals surface area contributed by atoms with Crippen LogP contribution in [0.2, 0.25) is 0 Å². The van der Waals surface area contributed by atoms with E-state index >= 15 is 0 Å². The maximum atomic E-state index is 12.5. The van der Waals surface area contributed by atoms with Crippen molar-refractivity contribution >= 4 is 29.3 Å². The molecule has 2 aromatic rings. The number of nitrogens with zero attached hydrogens (tertiary/aromatic N) is 1. The number of aryl methyl sites for hydroxylation is 1. The molecule has 0 saturated heterocycles. The summed E-state index contributed by atoms with van der Waals surface area (Å²) in [5.41, 5.74) is 2.07. The van der Waals surface area contributed by atoms with Gasteiger partial charge in [0, 0.05) is 24.2 Å². The topological polar surface area (TPSA) is 102 Å². The zero-order valence-corrected chi connectivity index (χ0v) is 20.7. The molecule has 188 valence electrons. The summed E-state index contributed by atoms with van der Waals surface area (Å²) in [4.78, 5) is 50.7. The molecular weight excluding hydrogens is 448 g/mol. The van der Waals surface area contributed by atoms with E-state index in [0.717, 1.165) is 12.0 Å². The minimum atomic E-state index is -0.643. The Hall–Kier alpha value is -3.68. The standard InChI is InChI=1S/C27H34N2O6/c1-4-16-29(18-25(31)28-23-9-7-6-8-20(23)3)26(32)19-35-27(33)15-14-24(30)21-10-12-22(13-11-21)34-17-5-2/h6-13H,4-5,14-19H2,1-3H3,(H,28,31). The summed E-state index contributed by atoms with van der Waals surface area (Å²) in [5.74, 6) is -0.949. The number of para-hydroxylation sites is 1. The first kappa shape index (κ1) is 27.6. The van der Waals surface area contributed by atoms with E-state index in [2.05, 4.69) is 5.32 Å². The Morgan fingerprint density at radius 1 is 0.914 bits per heavy atom. The van der Waals surface area contributed by atoms with Crippen molar-refractivity contribution < 1.29 is 28.7 Å². The van der Waals surface area contributed by atoms with Crippen LogP contribution in [0.25, 0.3) is 0 Å². The molecule has 2 amide bonds. The molecule has 2 aromatic carbocycles. The first-order chi connectivity index (χ1) is 16.8. The number of esters is 1. The van der Waals surface area contributed by atoms with Gasteiger partial charge in [-0.25, -0.2) is 0 Å². The number of carbonyl (C=O) groups is 4. The highest BCUT2D eigenvalue weighted by molar-refractivity contribution is 5.98. The number of ether oxygens (including phenoxy) is 2. The molecule has 35 heavy (non-hydrogen) atoms. The van der Waals surface area contributed by atoms with Crippen molar-refractivity contribution in [3.8, 4) is 5.75 Å². The first-order valence-corrected chi connectivity index (χ1v) is 11.9. The maximum absolute atomic E-state index is 12.5. The number of anilines is 1. The van der Waals surface area contributed by atoms with Crippen LogP contribution in [-0.2, 0) is 19.1 Å². The lowest BCUT2D eigenvalue weighted by atomic mass is 10.1. The van der Waals surface area contributed by atoms with Crippen LogP contribution in [0.1, 0.15) is 55.5 Å². The van der Waals surface area contributed by atoms with Crippen molar-refractivity contribution in [1.29, 1.82) is 0 Å². The Labute approximate surface area is 206 Å². The predicted molar refractivity (Wildman–Crippen MR) is 133 cm³/mol. The predicted octanol–water partition coefficient (Wildman–Crippen LogP) is 4.17. The molecule has 0 atom stereocenters. The third-order valence-electron chi connectivity index (χ3n) is 5.16. The third kappa shape index (κ3) is 9.60. The van der Waals surface area contributed by atoms with Gasteiger partial charge in [0.05, 0.1) is 19.6 Å². The normalized spacial score (nSPS) is 10.4. The largest absolute Gasteiger partial charge is 0.494 e. The number of ketones is 1. The van der Waals surface area contributed by atoms with Crippen molar-refractivity contribution in [2.24, 2.45) is 0 Å². The van der Waals surface area contributed by atoms with Gasteiger partial charge in [-0.1, -0.05) is 32.0 Å². The van der Waals surface area contributed by atoms with E-state index in [1.807, 2.05) is 39.0 Å². The fraction of sp³-hybridized carbons (Fsp3) is 0.407. The van der Waals surface area contributed by atoms with Gasteiger partial charge in [-0.15, -0.1) is 0 Å². The first-order valence-electron chi connectivity index (χ1n) is 11.9. The van der Waals surface area contributed by atoms with Crippen LogP contribution in [0.5, 0.6) is 5.75 Å². The summed E-state index contributed by atoms with van der Waals surface area (Å²) in [7, 11) is 0. The SMILES string of the molecule is CCCOc1ccc(C(=O)CCC(=O)OCC(=O)N(CCC)CC(=O)Nc2ccccc2C)cc1. The molecule has 8 heteroatoms. The van der Waals surface area contributed by atoms with Crippen LogP contribution in [0, 0.1) is 6.92 Å². The quantitative estimate of drug-likeness (QED) is 0.320. The highest BCUT2D eigenvalue weighted by atomic mass is 16.5. The van der Waals surface area contributed by atoms with Crippen molar-refractivity contribution in [2.45, 2.75) is 46.5 Å². The van der Waals surface area contributed by atoms with E-state index in [4.69, 9.17) is 9.47 Å². The molecular formula is C27H34N2O6. The van der Waals surface area contributed by atoms with E-state index in [1.54, 1.807) is 30.3 Å². The summed E-state index contributed by atoms with van der Waals surface area (Å²) < 4.78 is 10.6. The molecule has 0 spiro atoms. The second kappa shape index (κ2) is 14.6. The highest BCUT2D eigenvalue weighted by Gasteiger charge is 2.19. The molecule has 0 saturated carbocycles. The summed E-state index contributed by atoms with van der Waals surface area (Å²) in [6, 6.07) is 14.1. The Morgan fingerprint density at radius 2 is 1.63 bits per heavy atom. The third-order valence-corrected chi connectivity index (χ3v) is 5.16. The zero-order valence-electron chi connectivity index (χ0n) is 20.7. The van der Waals surface area contributed by atoms with Crippen molar-refractivity contribution in [2.75, 3.05) is 31.6 Å². The van der Waals surface area contributed by atoms with Crippen LogP contribution >= 0.6 is 0 Å². The van der Waals surface area contributed by atoms with Crippen molar-refractivity contribution in [3.63, 3.8) is 0 Å². The molecule has 2 rings (SSSR count). The smallest absolute Gasteiger partial charge is 0.306 e. The summed E-state index contributed by atoms with van der Waals surface area (Å²) in [5, 5.41) is 2.79. The van der Waals surface area contributed by atoms with Crippen molar-refractivity contribution in [3.05, 3.63) is 59.7 Å². The van der Waals surface area contributed by atoms with Gasteiger partial charge in [0.1, 0.15) is 5.75 Å². The summed E-state index contributed by atoms with van der Waals surface area (Å²) >= 11 is 0. The average Bonchev–Trinajstić information content (AvgIpc) is 2.86. The monoisotopic (exact) mass is 482 g/mol. The number of hydrogen-bond donors (Lipinski definition) is 1. The summed E-state index contributed by atoms with van der Waals surface area (Å²) in [6.07, 6.45) is 1.37. The molecule has 8 nitrogen and oxygen atoms in total. The van der Waals surface area contributed by atoms with Gasteiger partial charge in [0.15, 0.2) is 12.4 Å². The zero-order chi connectivity index (χ0) is 25.6. The van der Waals surface area contributed by atoms with Crippen LogP contribution in [-0.4, -0.2) is 54.8 Å². The fourth-order valence-electron chi connectivity index (χ4n) is 3.26. The van der Waals surface area contributed by atoms with E-state index in [9.17, 15) is 19.2 Å². The Kier molecular flexibility index (Phi) is 11.5. The van der Waals surface area contributed by atoms with Gasteiger partial charge in [0.25, 0.3) is 5.91 Å². The van der Waals surface area contributed by atoms with E-state index in [-0.39, 0.29) is 31.1 Å². The van der Waals surface area contributed by atoms with E-state index in [1.165, 1.54) is 4.90 Å². The van der Waals surface area contributed by atoms with Crippen LogP contribution in [0.3, 0.4) is 0 Å². The number of hydrogen-bond acceptors (Lipinski definition) is 6. The highest BCUT2D eigenvalue weighted by Crippen LogP contribution is 2.15. The molecule has 0 bridgehead atoms. The number of Topliss-reactive ketones (excluding diaryl/α,β-unsaturated/α-hetero) is 1. The number of rotatable bonds is 14. The van der Waals surface area contributed by atoms with Gasteiger partial charge in [-0.2, -0.15) is 0 Å². The molecule has 0 unspecified atom stereocenters. The van der Waals surface area contributed by atoms with E-state index < -0.39 is 18.5 Å². The number of carbonyl (C=O) groups excluding carboxylic acids is 4. The molecule has 1 N–H and O–H groups in total. The Balaban J connectivity index is 1.78. The van der Waals surface area contributed by atoms with Gasteiger partial charge < -0.3 is 19.7 Å². The Bertz CT molecular complexity index is 1000. The van der Waals surface area contributed by atoms with E-state index in [0.29, 0.717) is 36.6 Å². The minimum Gasteiger partial charge on any atom is -0.494 e. The Morgan fingerprint density at radius 3 is 2.29 bits per heavy atom. The second-order valence-electron chi connectivity index (χ2n) is 8.14. The van der Waals surface area contributed by atoms with Gasteiger partial charge >= 0.3 is 5.97 Å². The lowest BCUT2D eigenvalue weighted by molar-refractivity contribution is -0.152. The molecule has 0 heterocycles. The number of benzene rings is 2. The molecule has 0 fully saturated rings. The average molecular weight is 483 g/mol. The van der Waals surface area contributed by atoms with Crippen LogP contribution < -0.4 is 10.1 Å². The van der Waals surface area contributed by atoms with Crippen LogP contribution in [0.4, 0.5) is 5.69 Å². The fourth-order valence-corrected chi connectivity index (χ4v) is 3.26. The molecule has 0 aliphatic heterocycles. The lowest BCUT2D eigenvalue weighted by Crippen LogP contribution is -2.40. The maximum Gasteiger partial charge on any atom is 0.306 e. The number of amides is 2. The summed E-state index contributed by atoms with van der Waals surface area (Å²) in [6.45, 7) is 6.11. The van der Waals surface area contributed by atoms with Crippen molar-refractivity contribution in [1.82, 2.24) is 4.90 Å². The molecule has 0 radical (unpaired) electrons. The van der Waals surface area contributed by atoms with Gasteiger partial charge in [-0.3, -0.25) is 19.2 Å². The van der Waals surface area contributed by atoms with Gasteiger partial charge in [0.2, 0.25) is 5.91 Å².